The molecule has 0 aliphatic carbocycles. The molecule has 1 aromatic carbocycles. The fourth-order valence-corrected chi connectivity index (χ4v) is 5.08. The molecule has 0 bridgehead atoms. The Morgan fingerprint density at radius 2 is 2.25 bits per heavy atom. The monoisotopic (exact) mass is 415 g/mol. The van der Waals surface area contributed by atoms with Crippen molar-refractivity contribution < 1.29 is 14.3 Å². The van der Waals surface area contributed by atoms with Gasteiger partial charge in [-0.2, -0.15) is 0 Å². The number of methoxy groups -OCH3 is 1. The molecule has 1 atom stereocenters. The molecule has 1 unspecified atom stereocenters. The lowest BCUT2D eigenvalue weighted by molar-refractivity contribution is 0.0299. The third-order valence-corrected chi connectivity index (χ3v) is 6.68. The molecule has 28 heavy (non-hydrogen) atoms. The topological polar surface area (TPSA) is 73.3 Å². The highest BCUT2D eigenvalue weighted by Gasteiger charge is 2.20. The van der Waals surface area contributed by atoms with Gasteiger partial charge in [0.15, 0.2) is 5.78 Å². The largest absolute Gasteiger partial charge is 0.497 e. The standard InChI is InChI=1S/C20H21N3O3S2/c1-12-22-15-4-3-13(25-2)9-14(15)20(23-12)27-11-16(24)18-5-6-19(28-18)17-10-21-7-8-26-17/h3-6,9,17,21H,7-8,10-11H2,1-2H3. The molecule has 6 nitrogen and oxygen atoms in total. The summed E-state index contributed by atoms with van der Waals surface area (Å²) in [5.74, 6) is 1.86. The third kappa shape index (κ3) is 4.20. The highest BCUT2D eigenvalue weighted by atomic mass is 32.2. The lowest BCUT2D eigenvalue weighted by Crippen LogP contribution is -2.32. The lowest BCUT2D eigenvalue weighted by Gasteiger charge is -2.22. The van der Waals surface area contributed by atoms with Crippen molar-refractivity contribution in [2.24, 2.45) is 0 Å². The first-order valence-corrected chi connectivity index (χ1v) is 10.8. The van der Waals surface area contributed by atoms with Gasteiger partial charge in [0.2, 0.25) is 0 Å². The van der Waals surface area contributed by atoms with Crippen molar-refractivity contribution >= 4 is 39.8 Å². The Morgan fingerprint density at radius 3 is 3.04 bits per heavy atom. The van der Waals surface area contributed by atoms with E-state index in [1.807, 2.05) is 37.3 Å². The van der Waals surface area contributed by atoms with Gasteiger partial charge in [-0.3, -0.25) is 4.79 Å². The number of nitrogens with zero attached hydrogens (tertiary/aromatic N) is 2. The first kappa shape index (κ1) is 19.3. The van der Waals surface area contributed by atoms with Gasteiger partial charge in [-0.15, -0.1) is 11.3 Å². The van der Waals surface area contributed by atoms with Crippen molar-refractivity contribution in [1.82, 2.24) is 15.3 Å². The Kier molecular flexibility index (Phi) is 5.91. The third-order valence-electron chi connectivity index (χ3n) is 4.47. The molecule has 8 heteroatoms. The van der Waals surface area contributed by atoms with Gasteiger partial charge in [-0.05, 0) is 37.3 Å². The SMILES string of the molecule is COc1ccc2nc(C)nc(SCC(=O)c3ccc(C4CNCCO4)s3)c2c1. The number of morpholine rings is 1. The fraction of sp³-hybridized carbons (Fsp3) is 0.350. The fourth-order valence-electron chi connectivity index (χ4n) is 3.06. The molecular weight excluding hydrogens is 394 g/mol. The predicted octanol–water partition coefficient (Wildman–Crippen LogP) is 3.64. The molecule has 1 aliphatic heterocycles. The number of thioether (sulfide) groups is 1. The van der Waals surface area contributed by atoms with Crippen molar-refractivity contribution in [3.05, 3.63) is 45.9 Å². The Bertz CT molecular complexity index is 1000. The summed E-state index contributed by atoms with van der Waals surface area (Å²) < 4.78 is 11.1. The van der Waals surface area contributed by atoms with E-state index in [9.17, 15) is 4.79 Å². The van der Waals surface area contributed by atoms with Crippen LogP contribution < -0.4 is 10.1 Å². The number of carbonyl (C=O) groups is 1. The van der Waals surface area contributed by atoms with Crippen LogP contribution >= 0.6 is 23.1 Å². The number of aromatic nitrogens is 2. The normalized spacial score (nSPS) is 17.0. The van der Waals surface area contributed by atoms with Gasteiger partial charge in [0.05, 0.1) is 29.9 Å². The number of hydrogen-bond donors (Lipinski definition) is 1. The molecule has 0 saturated carbocycles. The second-order valence-electron chi connectivity index (χ2n) is 6.44. The van der Waals surface area contributed by atoms with E-state index in [0.29, 0.717) is 18.2 Å². The first-order valence-electron chi connectivity index (χ1n) is 9.04. The van der Waals surface area contributed by atoms with Gasteiger partial charge in [0.1, 0.15) is 22.7 Å². The minimum atomic E-state index is 0.0360. The van der Waals surface area contributed by atoms with Gasteiger partial charge < -0.3 is 14.8 Å². The molecule has 0 radical (unpaired) electrons. The molecule has 2 aromatic heterocycles. The van der Waals surface area contributed by atoms with Crippen molar-refractivity contribution in [2.45, 2.75) is 18.1 Å². The van der Waals surface area contributed by atoms with Crippen molar-refractivity contribution in [3.8, 4) is 5.75 Å². The average Bonchev–Trinajstić information content (AvgIpc) is 3.22. The van der Waals surface area contributed by atoms with E-state index < -0.39 is 0 Å². The number of carbonyl (C=O) groups excluding carboxylic acids is 1. The smallest absolute Gasteiger partial charge is 0.183 e. The van der Waals surface area contributed by atoms with Crippen LogP contribution in [0.15, 0.2) is 35.4 Å². The predicted molar refractivity (Wildman–Crippen MR) is 112 cm³/mol. The van der Waals surface area contributed by atoms with E-state index in [1.54, 1.807) is 7.11 Å². The number of hydrogen-bond acceptors (Lipinski definition) is 8. The van der Waals surface area contributed by atoms with Gasteiger partial charge in [-0.25, -0.2) is 9.97 Å². The van der Waals surface area contributed by atoms with Crippen LogP contribution in [0.1, 0.15) is 26.5 Å². The number of ether oxygens (including phenoxy) is 2. The van der Waals surface area contributed by atoms with E-state index in [2.05, 4.69) is 15.3 Å². The van der Waals surface area contributed by atoms with Crippen LogP contribution in [0.2, 0.25) is 0 Å². The summed E-state index contributed by atoms with van der Waals surface area (Å²) in [6.45, 7) is 4.23. The van der Waals surface area contributed by atoms with Gasteiger partial charge in [-0.1, -0.05) is 11.8 Å². The van der Waals surface area contributed by atoms with Gasteiger partial charge in [0.25, 0.3) is 0 Å². The zero-order chi connectivity index (χ0) is 19.5. The summed E-state index contributed by atoms with van der Waals surface area (Å²) in [4.78, 5) is 23.6. The molecule has 1 N–H and O–H groups in total. The van der Waals surface area contributed by atoms with Crippen LogP contribution in [-0.2, 0) is 4.74 Å². The van der Waals surface area contributed by atoms with Crippen LogP contribution in [0.3, 0.4) is 0 Å². The number of fused-ring (bicyclic) bond motifs is 1. The van der Waals surface area contributed by atoms with Crippen LogP contribution in [0.25, 0.3) is 10.9 Å². The Hall–Kier alpha value is -2.00. The second-order valence-corrected chi connectivity index (χ2v) is 8.52. The molecule has 1 saturated heterocycles. The highest BCUT2D eigenvalue weighted by molar-refractivity contribution is 8.00. The maximum atomic E-state index is 12.7. The zero-order valence-corrected chi connectivity index (χ0v) is 17.4. The highest BCUT2D eigenvalue weighted by Crippen LogP contribution is 2.31. The molecule has 1 aliphatic rings. The van der Waals surface area contributed by atoms with E-state index in [1.165, 1.54) is 23.1 Å². The maximum absolute atomic E-state index is 12.7. The van der Waals surface area contributed by atoms with Gasteiger partial charge in [0, 0.05) is 23.4 Å². The van der Waals surface area contributed by atoms with Crippen molar-refractivity contribution in [2.75, 3.05) is 32.6 Å². The van der Waals surface area contributed by atoms with Crippen molar-refractivity contribution in [1.29, 1.82) is 0 Å². The number of thiophene rings is 1. The molecule has 0 spiro atoms. The number of rotatable bonds is 6. The Labute approximate surface area is 171 Å². The van der Waals surface area contributed by atoms with Crippen molar-refractivity contribution in [3.63, 3.8) is 0 Å². The first-order chi connectivity index (χ1) is 13.6. The van der Waals surface area contributed by atoms with E-state index >= 15 is 0 Å². The summed E-state index contributed by atoms with van der Waals surface area (Å²) in [5, 5.41) is 5.02. The summed E-state index contributed by atoms with van der Waals surface area (Å²) in [5.41, 5.74) is 0.851. The van der Waals surface area contributed by atoms with E-state index in [0.717, 1.165) is 44.5 Å². The summed E-state index contributed by atoms with van der Waals surface area (Å²) in [6.07, 6.45) is 0.0360. The molecule has 146 valence electrons. The van der Waals surface area contributed by atoms with E-state index in [4.69, 9.17) is 9.47 Å². The second kappa shape index (κ2) is 8.57. The minimum absolute atomic E-state index is 0.0360. The maximum Gasteiger partial charge on any atom is 0.183 e. The lowest BCUT2D eigenvalue weighted by atomic mass is 10.2. The Morgan fingerprint density at radius 1 is 1.36 bits per heavy atom. The molecule has 0 amide bonds. The quantitative estimate of drug-likeness (QED) is 0.374. The number of benzene rings is 1. The number of Topliss-reactive ketones (excluding diaryl/α,β-unsaturated/α-hetero) is 1. The summed E-state index contributed by atoms with van der Waals surface area (Å²) in [6, 6.07) is 9.60. The van der Waals surface area contributed by atoms with Crippen LogP contribution in [0.5, 0.6) is 5.75 Å². The van der Waals surface area contributed by atoms with Gasteiger partial charge >= 0.3 is 0 Å². The minimum Gasteiger partial charge on any atom is -0.497 e. The van der Waals surface area contributed by atoms with Crippen LogP contribution in [0, 0.1) is 6.92 Å². The number of nitrogens with one attached hydrogen (secondary N) is 1. The summed E-state index contributed by atoms with van der Waals surface area (Å²) >= 11 is 2.95. The molecule has 4 rings (SSSR count). The van der Waals surface area contributed by atoms with E-state index in [-0.39, 0.29) is 11.9 Å². The molecular formula is C20H21N3O3S2. The average molecular weight is 416 g/mol. The summed E-state index contributed by atoms with van der Waals surface area (Å²) in [7, 11) is 1.63. The number of ketones is 1. The molecule has 1 fully saturated rings. The molecule has 3 heterocycles. The van der Waals surface area contributed by atoms with Crippen LogP contribution in [0.4, 0.5) is 0 Å². The van der Waals surface area contributed by atoms with Crippen LogP contribution in [-0.4, -0.2) is 48.3 Å². The molecule has 3 aromatic rings. The Balaban J connectivity index is 1.49. The number of aryl methyl sites for hydroxylation is 1. The zero-order valence-electron chi connectivity index (χ0n) is 15.7.